The number of aliphatic hydroxyl groups is 2. The molecule has 3 heterocycles. The van der Waals surface area contributed by atoms with E-state index in [4.69, 9.17) is 19.4 Å². The molecule has 7 N–H and O–H groups in total. The molecule has 2 aromatic heterocycles. The minimum absolute atomic E-state index is 0.223. The van der Waals surface area contributed by atoms with Gasteiger partial charge in [0, 0.05) is 6.20 Å². The van der Waals surface area contributed by atoms with Crippen molar-refractivity contribution < 1.29 is 61.4 Å². The maximum atomic E-state index is 12.2. The summed E-state index contributed by atoms with van der Waals surface area (Å²) in [5.41, 5.74) is -2.17. The molecule has 0 saturated carbocycles. The zero-order valence-corrected chi connectivity index (χ0v) is 18.9. The first-order valence-electron chi connectivity index (χ1n) is 8.61. The molecule has 3 rings (SSSR count). The highest BCUT2D eigenvalue weighted by Gasteiger charge is 2.47. The number of hydrogen-bond donors (Lipinski definition) is 7. The normalized spacial score (nSPS) is 26.8. The first kappa shape index (κ1) is 26.7. The summed E-state index contributed by atoms with van der Waals surface area (Å²) < 4.78 is 52.2. The van der Waals surface area contributed by atoms with Crippen LogP contribution in [0.5, 0.6) is 0 Å². The maximum Gasteiger partial charge on any atom is 0.490 e. The van der Waals surface area contributed by atoms with E-state index >= 15 is 0 Å². The smallest absolute Gasteiger partial charge is 0.387 e. The predicted molar refractivity (Wildman–Crippen MR) is 102 cm³/mol. The van der Waals surface area contributed by atoms with Crippen molar-refractivity contribution in [3.63, 3.8) is 0 Å². The van der Waals surface area contributed by atoms with Crippen LogP contribution in [0.25, 0.3) is 5.69 Å². The Labute approximate surface area is 186 Å². The van der Waals surface area contributed by atoms with Gasteiger partial charge in [-0.3, -0.25) is 18.9 Å². The van der Waals surface area contributed by atoms with Crippen LogP contribution in [0.4, 0.5) is 0 Å². The minimum Gasteiger partial charge on any atom is -0.387 e. The summed E-state index contributed by atoms with van der Waals surface area (Å²) in [5, 5.41) is 27.5. The fourth-order valence-electron chi connectivity index (χ4n) is 2.73. The van der Waals surface area contributed by atoms with E-state index in [1.165, 1.54) is 12.4 Å². The van der Waals surface area contributed by atoms with Gasteiger partial charge < -0.3 is 34.5 Å². The molecule has 0 spiro atoms. The largest absolute Gasteiger partial charge is 0.490 e. The third kappa shape index (κ3) is 6.41. The van der Waals surface area contributed by atoms with Crippen molar-refractivity contribution in [2.24, 2.45) is 0 Å². The number of aromatic nitrogens is 5. The number of aliphatic hydroxyl groups excluding tert-OH is 2. The highest BCUT2D eigenvalue weighted by atomic mass is 31.3. The molecule has 0 radical (unpaired) electrons. The van der Waals surface area contributed by atoms with Gasteiger partial charge in [-0.2, -0.15) is 8.62 Å². The van der Waals surface area contributed by atoms with E-state index in [0.717, 1.165) is 10.9 Å². The second-order valence-electron chi connectivity index (χ2n) is 6.46. The molecular formula is C11H16N5O15P3. The quantitative estimate of drug-likeness (QED) is 0.154. The molecule has 20 nitrogen and oxygen atoms in total. The zero-order valence-electron chi connectivity index (χ0n) is 16.2. The lowest BCUT2D eigenvalue weighted by atomic mass is 10.1. The lowest BCUT2D eigenvalue weighted by Crippen LogP contribution is -2.39. The highest BCUT2D eigenvalue weighted by molar-refractivity contribution is 7.66. The molecular weight excluding hydrogens is 535 g/mol. The molecule has 3 unspecified atom stereocenters. The van der Waals surface area contributed by atoms with Crippen LogP contribution < -0.4 is 11.2 Å². The molecule has 1 saturated heterocycles. The van der Waals surface area contributed by atoms with E-state index in [-0.39, 0.29) is 5.69 Å². The second-order valence-corrected chi connectivity index (χ2v) is 10.9. The Morgan fingerprint density at radius 1 is 1.06 bits per heavy atom. The van der Waals surface area contributed by atoms with Crippen molar-refractivity contribution >= 4 is 23.5 Å². The highest BCUT2D eigenvalue weighted by Crippen LogP contribution is 2.66. The van der Waals surface area contributed by atoms with E-state index < -0.39 is 65.9 Å². The number of aromatic amines is 1. The first-order valence-corrected chi connectivity index (χ1v) is 13.1. The van der Waals surface area contributed by atoms with Crippen LogP contribution in [0.15, 0.2) is 28.2 Å². The van der Waals surface area contributed by atoms with Gasteiger partial charge in [0.15, 0.2) is 6.23 Å². The van der Waals surface area contributed by atoms with E-state index in [2.05, 4.69) is 23.5 Å². The number of rotatable bonds is 9. The summed E-state index contributed by atoms with van der Waals surface area (Å²) in [6.45, 7) is -1.09. The Kier molecular flexibility index (Phi) is 7.57. The van der Waals surface area contributed by atoms with Crippen molar-refractivity contribution in [1.29, 1.82) is 0 Å². The molecule has 34 heavy (non-hydrogen) atoms. The monoisotopic (exact) mass is 551 g/mol. The van der Waals surface area contributed by atoms with Gasteiger partial charge >= 0.3 is 29.2 Å². The third-order valence-corrected chi connectivity index (χ3v) is 7.85. The Balaban J connectivity index is 1.75. The average Bonchev–Trinajstić information content (AvgIpc) is 3.28. The lowest BCUT2D eigenvalue weighted by molar-refractivity contribution is -0.0542. The maximum absolute atomic E-state index is 12.2. The van der Waals surface area contributed by atoms with Crippen LogP contribution in [-0.4, -0.2) is 79.3 Å². The van der Waals surface area contributed by atoms with Crippen molar-refractivity contribution in [3.05, 3.63) is 39.4 Å². The molecule has 2 aromatic rings. The third-order valence-electron chi connectivity index (χ3n) is 4.05. The lowest BCUT2D eigenvalue weighted by Gasteiger charge is -2.19. The van der Waals surface area contributed by atoms with Crippen LogP contribution in [0.2, 0.25) is 0 Å². The van der Waals surface area contributed by atoms with Gasteiger partial charge in [0.2, 0.25) is 0 Å². The van der Waals surface area contributed by atoms with Gasteiger partial charge in [-0.05, 0) is 0 Å². The molecule has 6 atom stereocenters. The molecule has 1 aliphatic heterocycles. The van der Waals surface area contributed by atoms with Gasteiger partial charge in [-0.1, -0.05) is 5.21 Å². The number of hydrogen-bond acceptors (Lipinski definition) is 13. The van der Waals surface area contributed by atoms with Gasteiger partial charge in [0.05, 0.1) is 19.0 Å². The molecule has 0 aromatic carbocycles. The van der Waals surface area contributed by atoms with Crippen molar-refractivity contribution in [3.8, 4) is 5.69 Å². The first-order chi connectivity index (χ1) is 15.6. The van der Waals surface area contributed by atoms with Crippen LogP contribution >= 0.6 is 23.5 Å². The fourth-order valence-corrected chi connectivity index (χ4v) is 5.76. The Hall–Kier alpha value is -1.89. The molecule has 23 heteroatoms. The van der Waals surface area contributed by atoms with E-state index in [1.54, 1.807) is 0 Å². The van der Waals surface area contributed by atoms with E-state index in [1.807, 2.05) is 4.98 Å². The van der Waals surface area contributed by atoms with Crippen LogP contribution in [-0.2, 0) is 31.6 Å². The number of phosphoric acid groups is 3. The number of nitrogens with zero attached hydrogens (tertiary/aromatic N) is 4. The van der Waals surface area contributed by atoms with Crippen molar-refractivity contribution in [1.82, 2.24) is 24.5 Å². The van der Waals surface area contributed by atoms with Gasteiger partial charge in [0.1, 0.15) is 24.0 Å². The average molecular weight is 551 g/mol. The van der Waals surface area contributed by atoms with Gasteiger partial charge in [-0.25, -0.2) is 23.2 Å². The zero-order chi connectivity index (χ0) is 25.5. The van der Waals surface area contributed by atoms with E-state index in [9.17, 15) is 38.4 Å². The summed E-state index contributed by atoms with van der Waals surface area (Å²) >= 11 is 0. The van der Waals surface area contributed by atoms with Crippen LogP contribution in [0.1, 0.15) is 6.23 Å². The fraction of sp³-hybridized carbons (Fsp3) is 0.455. The number of ether oxygens (including phenoxy) is 1. The SMILES string of the molecule is O=c1[nH]c(=O)n([C@@H]2O[C@H](COP(=O)(O)OP(=O)(O)OP(=O)(O)O)C(O)[C@@H]2O)cc1-n1ccnn1. The van der Waals surface area contributed by atoms with Gasteiger partial charge in [-0.15, -0.1) is 5.10 Å². The molecule has 0 amide bonds. The molecule has 0 aliphatic carbocycles. The summed E-state index contributed by atoms with van der Waals surface area (Å²) in [5.74, 6) is 0. The molecule has 1 aliphatic rings. The predicted octanol–water partition coefficient (Wildman–Crippen LogP) is -2.92. The Bertz CT molecular complexity index is 1290. The number of phosphoric ester groups is 1. The Morgan fingerprint density at radius 2 is 1.74 bits per heavy atom. The molecule has 190 valence electrons. The molecule has 1 fully saturated rings. The second kappa shape index (κ2) is 9.63. The summed E-state index contributed by atoms with van der Waals surface area (Å²) in [7, 11) is -16.9. The van der Waals surface area contributed by atoms with Crippen molar-refractivity contribution in [2.75, 3.05) is 6.61 Å². The molecule has 0 bridgehead atoms. The Morgan fingerprint density at radius 3 is 2.32 bits per heavy atom. The van der Waals surface area contributed by atoms with Crippen molar-refractivity contribution in [2.45, 2.75) is 24.5 Å². The van der Waals surface area contributed by atoms with E-state index in [0.29, 0.717) is 4.57 Å². The summed E-state index contributed by atoms with van der Waals surface area (Å²) in [4.78, 5) is 61.8. The van der Waals surface area contributed by atoms with Gasteiger partial charge in [0.25, 0.3) is 5.56 Å². The minimum atomic E-state index is -5.77. The standard InChI is InChI=1S/C11H16N5O15P3/c17-7-6(4-28-33(24,25)31-34(26,27)30-32(21,22)23)29-10(8(7)18)15-3-5(9(19)13-11(15)20)16-2-1-12-14-16/h1-3,6-8,10,17-18H,4H2,(H,24,25)(H,26,27)(H,13,19,20)(H2,21,22,23)/t6-,7?,8+,10-/m1/s1. The summed E-state index contributed by atoms with van der Waals surface area (Å²) in [6.07, 6.45) is -3.56. The number of nitrogens with one attached hydrogen (secondary N) is 1. The topological polar surface area (TPSA) is 295 Å². The van der Waals surface area contributed by atoms with Crippen LogP contribution in [0, 0.1) is 0 Å². The summed E-state index contributed by atoms with van der Waals surface area (Å²) in [6, 6.07) is 0. The number of H-pyrrole nitrogens is 1. The van der Waals surface area contributed by atoms with Crippen LogP contribution in [0.3, 0.4) is 0 Å².